The Hall–Kier alpha value is -0.970. The highest BCUT2D eigenvalue weighted by Crippen LogP contribution is 2.07. The van der Waals surface area contributed by atoms with Crippen LogP contribution in [0.25, 0.3) is 0 Å². The van der Waals surface area contributed by atoms with Gasteiger partial charge in [-0.15, -0.1) is 0 Å². The van der Waals surface area contributed by atoms with Gasteiger partial charge in [0, 0.05) is 7.05 Å². The summed E-state index contributed by atoms with van der Waals surface area (Å²) in [6.07, 6.45) is 3.24. The first-order valence-corrected chi connectivity index (χ1v) is 4.24. The number of rotatable bonds is 1. The van der Waals surface area contributed by atoms with Crippen LogP contribution in [-0.2, 0) is 7.05 Å². The van der Waals surface area contributed by atoms with E-state index in [-0.39, 0.29) is 11.2 Å². The maximum Gasteiger partial charge on any atom is 0.277 e. The highest BCUT2D eigenvalue weighted by atomic mass is 32.2. The molecule has 0 amide bonds. The molecular formula is C6H9N3OS. The quantitative estimate of drug-likeness (QED) is 0.480. The molecule has 1 heterocycles. The van der Waals surface area contributed by atoms with E-state index in [1.54, 1.807) is 7.05 Å². The average Bonchev–Trinajstić information content (AvgIpc) is 2.01. The number of hydrogen-bond acceptors (Lipinski definition) is 4. The Labute approximate surface area is 68.4 Å². The SMILES string of the molecule is CSc1ncc(N)c(=O)n1C. The molecule has 0 fully saturated rings. The Morgan fingerprint density at radius 2 is 2.36 bits per heavy atom. The molecule has 1 aromatic heterocycles. The third-order valence-corrected chi connectivity index (χ3v) is 2.08. The molecule has 5 heteroatoms. The number of nitrogen functional groups attached to an aromatic ring is 1. The van der Waals surface area contributed by atoms with Crippen molar-refractivity contribution in [3.8, 4) is 0 Å². The number of anilines is 1. The Bertz CT molecular complexity index is 320. The van der Waals surface area contributed by atoms with Crippen LogP contribution in [0.3, 0.4) is 0 Å². The largest absolute Gasteiger partial charge is 0.393 e. The second kappa shape index (κ2) is 2.96. The second-order valence-electron chi connectivity index (χ2n) is 2.06. The zero-order chi connectivity index (χ0) is 8.43. The van der Waals surface area contributed by atoms with Gasteiger partial charge in [0.2, 0.25) is 0 Å². The molecule has 1 aromatic rings. The molecule has 0 aromatic carbocycles. The van der Waals surface area contributed by atoms with Crippen molar-refractivity contribution in [2.24, 2.45) is 7.05 Å². The van der Waals surface area contributed by atoms with E-state index >= 15 is 0 Å². The van der Waals surface area contributed by atoms with Crippen LogP contribution in [0.5, 0.6) is 0 Å². The highest BCUT2D eigenvalue weighted by molar-refractivity contribution is 7.98. The standard InChI is InChI=1S/C6H9N3OS/c1-9-5(10)4(7)3-8-6(9)11-2/h3H,7H2,1-2H3. The fraction of sp³-hybridized carbons (Fsp3) is 0.333. The Morgan fingerprint density at radius 1 is 1.73 bits per heavy atom. The molecule has 0 radical (unpaired) electrons. The minimum atomic E-state index is -0.190. The number of aromatic nitrogens is 2. The van der Waals surface area contributed by atoms with Gasteiger partial charge in [0.25, 0.3) is 5.56 Å². The average molecular weight is 171 g/mol. The van der Waals surface area contributed by atoms with Gasteiger partial charge < -0.3 is 5.73 Å². The molecule has 0 spiro atoms. The lowest BCUT2D eigenvalue weighted by Gasteiger charge is -2.02. The van der Waals surface area contributed by atoms with Gasteiger partial charge in [0.15, 0.2) is 5.16 Å². The molecule has 60 valence electrons. The summed E-state index contributed by atoms with van der Waals surface area (Å²) in [5, 5.41) is 0.671. The van der Waals surface area contributed by atoms with E-state index in [2.05, 4.69) is 4.98 Å². The van der Waals surface area contributed by atoms with Crippen LogP contribution in [-0.4, -0.2) is 15.8 Å². The number of nitrogens with two attached hydrogens (primary N) is 1. The number of hydrogen-bond donors (Lipinski definition) is 1. The molecule has 0 saturated heterocycles. The van der Waals surface area contributed by atoms with Gasteiger partial charge in [-0.3, -0.25) is 9.36 Å². The van der Waals surface area contributed by atoms with Crippen LogP contribution < -0.4 is 11.3 Å². The van der Waals surface area contributed by atoms with Gasteiger partial charge in [-0.2, -0.15) is 0 Å². The van der Waals surface area contributed by atoms with Crippen LogP contribution in [0.4, 0.5) is 5.69 Å². The summed E-state index contributed by atoms with van der Waals surface area (Å²) in [4.78, 5) is 15.1. The van der Waals surface area contributed by atoms with E-state index in [9.17, 15) is 4.79 Å². The molecule has 0 aliphatic rings. The van der Waals surface area contributed by atoms with Gasteiger partial charge in [-0.05, 0) is 6.26 Å². The topological polar surface area (TPSA) is 60.9 Å². The Balaban J connectivity index is 3.37. The molecule has 2 N–H and O–H groups in total. The van der Waals surface area contributed by atoms with Crippen molar-refractivity contribution < 1.29 is 0 Å². The zero-order valence-corrected chi connectivity index (χ0v) is 7.18. The monoisotopic (exact) mass is 171 g/mol. The number of thioether (sulfide) groups is 1. The highest BCUT2D eigenvalue weighted by Gasteiger charge is 2.01. The van der Waals surface area contributed by atoms with Gasteiger partial charge >= 0.3 is 0 Å². The predicted molar refractivity (Wildman–Crippen MR) is 45.7 cm³/mol. The lowest BCUT2D eigenvalue weighted by atomic mass is 10.5. The van der Waals surface area contributed by atoms with Gasteiger partial charge in [0.1, 0.15) is 5.69 Å². The Morgan fingerprint density at radius 3 is 2.91 bits per heavy atom. The molecule has 11 heavy (non-hydrogen) atoms. The first-order chi connectivity index (χ1) is 5.16. The van der Waals surface area contributed by atoms with Crippen molar-refractivity contribution in [2.75, 3.05) is 12.0 Å². The van der Waals surface area contributed by atoms with Crippen LogP contribution in [0, 0.1) is 0 Å². The van der Waals surface area contributed by atoms with E-state index < -0.39 is 0 Å². The second-order valence-corrected chi connectivity index (χ2v) is 2.84. The maximum absolute atomic E-state index is 11.1. The van der Waals surface area contributed by atoms with Gasteiger partial charge in [-0.25, -0.2) is 4.98 Å². The summed E-state index contributed by atoms with van der Waals surface area (Å²) >= 11 is 1.41. The smallest absolute Gasteiger partial charge is 0.277 e. The van der Waals surface area contributed by atoms with E-state index in [0.29, 0.717) is 5.16 Å². The summed E-state index contributed by atoms with van der Waals surface area (Å²) in [6.45, 7) is 0. The Kier molecular flexibility index (Phi) is 2.19. The van der Waals surface area contributed by atoms with E-state index in [1.165, 1.54) is 22.5 Å². The fourth-order valence-corrected chi connectivity index (χ4v) is 1.25. The molecule has 4 nitrogen and oxygen atoms in total. The van der Waals surface area contributed by atoms with Gasteiger partial charge in [-0.1, -0.05) is 11.8 Å². The molecule has 0 bridgehead atoms. The van der Waals surface area contributed by atoms with Gasteiger partial charge in [0.05, 0.1) is 6.20 Å². The van der Waals surface area contributed by atoms with Crippen molar-refractivity contribution >= 4 is 17.4 Å². The zero-order valence-electron chi connectivity index (χ0n) is 6.37. The first-order valence-electron chi connectivity index (χ1n) is 3.02. The third kappa shape index (κ3) is 1.37. The molecule has 0 atom stereocenters. The van der Waals surface area contributed by atoms with Crippen LogP contribution >= 0.6 is 11.8 Å². The van der Waals surface area contributed by atoms with E-state index in [1.807, 2.05) is 6.26 Å². The maximum atomic E-state index is 11.1. The predicted octanol–water partition coefficient (Wildman–Crippen LogP) is 0.0844. The van der Waals surface area contributed by atoms with Crippen molar-refractivity contribution in [3.05, 3.63) is 16.6 Å². The van der Waals surface area contributed by atoms with Crippen molar-refractivity contribution in [3.63, 3.8) is 0 Å². The van der Waals surface area contributed by atoms with Crippen molar-refractivity contribution in [1.82, 2.24) is 9.55 Å². The first kappa shape index (κ1) is 8.13. The molecule has 0 aliphatic carbocycles. The van der Waals surface area contributed by atoms with E-state index in [0.717, 1.165) is 0 Å². The minimum absolute atomic E-state index is 0.185. The third-order valence-electron chi connectivity index (χ3n) is 1.34. The summed E-state index contributed by atoms with van der Waals surface area (Å²) in [7, 11) is 1.65. The molecule has 1 rings (SSSR count). The van der Waals surface area contributed by atoms with Crippen molar-refractivity contribution in [2.45, 2.75) is 5.16 Å². The molecule has 0 aliphatic heterocycles. The van der Waals surface area contributed by atoms with Crippen LogP contribution in [0.1, 0.15) is 0 Å². The van der Waals surface area contributed by atoms with Crippen LogP contribution in [0.2, 0.25) is 0 Å². The van der Waals surface area contributed by atoms with Crippen LogP contribution in [0.15, 0.2) is 16.1 Å². The molecule has 0 unspecified atom stereocenters. The molecule has 0 saturated carbocycles. The summed E-state index contributed by atoms with van der Waals surface area (Å²) < 4.78 is 1.43. The summed E-state index contributed by atoms with van der Waals surface area (Å²) in [6, 6.07) is 0. The summed E-state index contributed by atoms with van der Waals surface area (Å²) in [5.74, 6) is 0. The fourth-order valence-electron chi connectivity index (χ4n) is 0.737. The van der Waals surface area contributed by atoms with Crippen molar-refractivity contribution in [1.29, 1.82) is 0 Å². The normalized spacial score (nSPS) is 10.0. The lowest BCUT2D eigenvalue weighted by Crippen LogP contribution is -2.22. The summed E-state index contributed by atoms with van der Waals surface area (Å²) in [5.41, 5.74) is 5.33. The molecular weight excluding hydrogens is 162 g/mol. The lowest BCUT2D eigenvalue weighted by molar-refractivity contribution is 0.713. The number of nitrogens with zero attached hydrogens (tertiary/aromatic N) is 2. The van der Waals surface area contributed by atoms with E-state index in [4.69, 9.17) is 5.73 Å². The minimum Gasteiger partial charge on any atom is -0.393 e.